The number of phenols is 1. The van der Waals surface area contributed by atoms with E-state index in [0.29, 0.717) is 5.69 Å². The highest BCUT2D eigenvalue weighted by Crippen LogP contribution is 2.22. The topological polar surface area (TPSA) is 121 Å². The molecule has 7 heteroatoms. The lowest BCUT2D eigenvalue weighted by Crippen LogP contribution is -2.08. The number of anilines is 3. The van der Waals surface area contributed by atoms with Crippen LogP contribution in [0.5, 0.6) is 5.75 Å². The highest BCUT2D eigenvalue weighted by Gasteiger charge is 2.13. The van der Waals surface area contributed by atoms with Gasteiger partial charge < -0.3 is 21.3 Å². The monoisotopic (exact) mass is 246 g/mol. The van der Waals surface area contributed by atoms with Gasteiger partial charge in [0.25, 0.3) is 0 Å². The molecule has 0 aliphatic rings. The first-order valence-electron chi connectivity index (χ1n) is 4.99. The number of nitrogens with zero attached hydrogens (tertiary/aromatic N) is 2. The predicted molar refractivity (Wildman–Crippen MR) is 64.8 cm³/mol. The van der Waals surface area contributed by atoms with Crippen LogP contribution in [0.15, 0.2) is 30.3 Å². The molecule has 7 nitrogen and oxygen atoms in total. The summed E-state index contributed by atoms with van der Waals surface area (Å²) < 4.78 is 0. The first-order valence-corrected chi connectivity index (χ1v) is 4.99. The van der Waals surface area contributed by atoms with Gasteiger partial charge in [0.05, 0.1) is 0 Å². The zero-order valence-electron chi connectivity index (χ0n) is 9.16. The Kier molecular flexibility index (Phi) is 2.96. The Hall–Kier alpha value is -2.83. The third-order valence-electron chi connectivity index (χ3n) is 2.15. The van der Waals surface area contributed by atoms with Crippen molar-refractivity contribution in [3.8, 4) is 5.75 Å². The molecule has 0 saturated carbocycles. The molecule has 0 unspecified atom stereocenters. The zero-order valence-corrected chi connectivity index (χ0v) is 9.16. The molecule has 2 rings (SSSR count). The molecule has 0 aliphatic heterocycles. The highest BCUT2D eigenvalue weighted by atomic mass is 16.4. The molecule has 0 spiro atoms. The number of carboxylic acids is 1. The Labute approximate surface area is 102 Å². The minimum absolute atomic E-state index is 0.0221. The van der Waals surface area contributed by atoms with Gasteiger partial charge in [0.2, 0.25) is 0 Å². The van der Waals surface area contributed by atoms with Crippen molar-refractivity contribution in [2.75, 3.05) is 11.1 Å². The highest BCUT2D eigenvalue weighted by molar-refractivity contribution is 5.94. The summed E-state index contributed by atoms with van der Waals surface area (Å²) in [5.41, 5.74) is 5.78. The van der Waals surface area contributed by atoms with Gasteiger partial charge in [-0.1, -0.05) is 6.07 Å². The maximum atomic E-state index is 11.0. The van der Waals surface area contributed by atoms with Crippen LogP contribution in [0.25, 0.3) is 0 Å². The van der Waals surface area contributed by atoms with Crippen LogP contribution in [0, 0.1) is 0 Å². The minimum Gasteiger partial charge on any atom is -0.508 e. The van der Waals surface area contributed by atoms with E-state index in [0.717, 1.165) is 0 Å². The lowest BCUT2D eigenvalue weighted by molar-refractivity contribution is 0.0697. The van der Waals surface area contributed by atoms with E-state index in [1.807, 2.05) is 0 Å². The number of nitrogen functional groups attached to an aromatic ring is 1. The molecule has 0 amide bonds. The molecule has 1 aromatic carbocycles. The van der Waals surface area contributed by atoms with E-state index in [1.54, 1.807) is 12.1 Å². The summed E-state index contributed by atoms with van der Waals surface area (Å²) >= 11 is 0. The molecule has 0 saturated heterocycles. The second-order valence-corrected chi connectivity index (χ2v) is 3.51. The van der Waals surface area contributed by atoms with E-state index < -0.39 is 5.97 Å². The van der Waals surface area contributed by atoms with E-state index in [1.165, 1.54) is 18.2 Å². The molecular formula is C11H10N4O3. The van der Waals surface area contributed by atoms with Crippen LogP contribution in [0.3, 0.4) is 0 Å². The molecule has 0 aliphatic carbocycles. The van der Waals surface area contributed by atoms with E-state index in [4.69, 9.17) is 10.8 Å². The molecule has 92 valence electrons. The Balaban J connectivity index is 2.37. The number of nitrogens with one attached hydrogen (secondary N) is 1. The number of aromatic nitrogens is 2. The van der Waals surface area contributed by atoms with Crippen LogP contribution in [0.2, 0.25) is 0 Å². The maximum absolute atomic E-state index is 11.0. The van der Waals surface area contributed by atoms with E-state index in [9.17, 15) is 9.90 Å². The normalized spacial score (nSPS) is 10.0. The van der Waals surface area contributed by atoms with Gasteiger partial charge in [-0.25, -0.2) is 4.79 Å². The van der Waals surface area contributed by atoms with Gasteiger partial charge in [-0.2, -0.15) is 0 Å². The number of aromatic carboxylic acids is 1. The van der Waals surface area contributed by atoms with Crippen molar-refractivity contribution in [3.63, 3.8) is 0 Å². The summed E-state index contributed by atoms with van der Waals surface area (Å²) in [7, 11) is 0. The summed E-state index contributed by atoms with van der Waals surface area (Å²) in [5, 5.41) is 28.3. The van der Waals surface area contributed by atoms with Gasteiger partial charge >= 0.3 is 5.97 Å². The van der Waals surface area contributed by atoms with Crippen molar-refractivity contribution < 1.29 is 15.0 Å². The molecule has 1 heterocycles. The van der Waals surface area contributed by atoms with Crippen LogP contribution < -0.4 is 11.1 Å². The quantitative estimate of drug-likeness (QED) is 0.642. The van der Waals surface area contributed by atoms with E-state index in [2.05, 4.69) is 15.5 Å². The Morgan fingerprint density at radius 3 is 2.72 bits per heavy atom. The van der Waals surface area contributed by atoms with Crippen molar-refractivity contribution in [1.82, 2.24) is 10.2 Å². The predicted octanol–water partition coefficient (Wildman–Crippen LogP) is 1.21. The third kappa shape index (κ3) is 2.46. The summed E-state index contributed by atoms with van der Waals surface area (Å²) in [6, 6.07) is 7.41. The van der Waals surface area contributed by atoms with Crippen LogP contribution >= 0.6 is 0 Å². The van der Waals surface area contributed by atoms with Crippen molar-refractivity contribution in [2.24, 2.45) is 0 Å². The molecule has 0 radical (unpaired) electrons. The first kappa shape index (κ1) is 11.6. The number of hydrogen-bond donors (Lipinski definition) is 4. The number of benzene rings is 1. The lowest BCUT2D eigenvalue weighted by Gasteiger charge is -2.08. The maximum Gasteiger partial charge on any atom is 0.339 e. The van der Waals surface area contributed by atoms with Gasteiger partial charge in [0.15, 0.2) is 5.82 Å². The molecule has 2 aromatic rings. The second-order valence-electron chi connectivity index (χ2n) is 3.51. The number of rotatable bonds is 3. The average molecular weight is 246 g/mol. The number of carbonyl (C=O) groups is 1. The molecular weight excluding hydrogens is 236 g/mol. The fourth-order valence-electron chi connectivity index (χ4n) is 1.38. The van der Waals surface area contributed by atoms with Crippen LogP contribution in [-0.4, -0.2) is 26.4 Å². The average Bonchev–Trinajstić information content (AvgIpc) is 2.31. The zero-order chi connectivity index (χ0) is 13.1. The molecule has 0 bridgehead atoms. The SMILES string of the molecule is Nc1cc(C(=O)O)c(Nc2cccc(O)c2)nn1. The first-order chi connectivity index (χ1) is 8.56. The molecule has 0 fully saturated rings. The van der Waals surface area contributed by atoms with Crippen molar-refractivity contribution in [2.45, 2.75) is 0 Å². The van der Waals surface area contributed by atoms with Crippen LogP contribution in [0.4, 0.5) is 17.3 Å². The molecule has 1 aromatic heterocycles. The van der Waals surface area contributed by atoms with Crippen molar-refractivity contribution >= 4 is 23.3 Å². The number of nitrogens with two attached hydrogens (primary N) is 1. The third-order valence-corrected chi connectivity index (χ3v) is 2.15. The van der Waals surface area contributed by atoms with E-state index in [-0.39, 0.29) is 22.9 Å². The van der Waals surface area contributed by atoms with Crippen molar-refractivity contribution in [1.29, 1.82) is 0 Å². The standard InChI is InChI=1S/C11H10N4O3/c12-9-5-8(11(17)18)10(15-14-9)13-6-2-1-3-7(16)4-6/h1-5,16H,(H2,12,14)(H,13,15)(H,17,18). The smallest absolute Gasteiger partial charge is 0.339 e. The summed E-state index contributed by atoms with van der Waals surface area (Å²) in [6.45, 7) is 0. The summed E-state index contributed by atoms with van der Waals surface area (Å²) in [4.78, 5) is 11.0. The van der Waals surface area contributed by atoms with Crippen LogP contribution in [0.1, 0.15) is 10.4 Å². The summed E-state index contributed by atoms with van der Waals surface area (Å²) in [5.74, 6) is -1.03. The minimum atomic E-state index is -1.17. The van der Waals surface area contributed by atoms with Gasteiger partial charge in [-0.3, -0.25) is 0 Å². The number of aromatic hydroxyl groups is 1. The Bertz CT molecular complexity index is 601. The van der Waals surface area contributed by atoms with E-state index >= 15 is 0 Å². The van der Waals surface area contributed by atoms with Gasteiger partial charge in [-0.15, -0.1) is 10.2 Å². The Morgan fingerprint density at radius 2 is 2.06 bits per heavy atom. The Morgan fingerprint density at radius 1 is 1.28 bits per heavy atom. The molecule has 18 heavy (non-hydrogen) atoms. The lowest BCUT2D eigenvalue weighted by atomic mass is 10.2. The van der Waals surface area contributed by atoms with Gasteiger partial charge in [-0.05, 0) is 12.1 Å². The van der Waals surface area contributed by atoms with Crippen molar-refractivity contribution in [3.05, 3.63) is 35.9 Å². The van der Waals surface area contributed by atoms with Gasteiger partial charge in [0.1, 0.15) is 17.1 Å². The number of carboxylic acid groups (broad SMARTS) is 1. The largest absolute Gasteiger partial charge is 0.508 e. The molecule has 5 N–H and O–H groups in total. The fourth-order valence-corrected chi connectivity index (χ4v) is 1.38. The van der Waals surface area contributed by atoms with Gasteiger partial charge in [0, 0.05) is 17.8 Å². The second kappa shape index (κ2) is 4.58. The van der Waals surface area contributed by atoms with Crippen LogP contribution in [-0.2, 0) is 0 Å². The fraction of sp³-hybridized carbons (Fsp3) is 0. The molecule has 0 atom stereocenters. The number of phenolic OH excluding ortho intramolecular Hbond substituents is 1. The number of hydrogen-bond acceptors (Lipinski definition) is 6. The summed E-state index contributed by atoms with van der Waals surface area (Å²) in [6.07, 6.45) is 0.